The molecule has 1 amide bonds. The maximum atomic E-state index is 13.8. The molecule has 1 aromatic carbocycles. The molecule has 0 aliphatic carbocycles. The number of benzene rings is 1. The number of rotatable bonds is 5. The third-order valence-electron chi connectivity index (χ3n) is 3.76. The van der Waals surface area contributed by atoms with E-state index in [-0.39, 0.29) is 44.5 Å². The monoisotopic (exact) mass is 401 g/mol. The highest BCUT2D eigenvalue weighted by atomic mass is 35.5. The van der Waals surface area contributed by atoms with Crippen molar-refractivity contribution in [1.29, 1.82) is 0 Å². The quantitative estimate of drug-likeness (QED) is 0.770. The number of hydrogen-bond donors (Lipinski definition) is 2. The number of sulfonamides is 1. The summed E-state index contributed by atoms with van der Waals surface area (Å²) >= 11 is 0. The number of halogens is 4. The number of carbonyl (C=O) groups excluding carboxylic acids is 1. The SMILES string of the molecule is Cl.NCCNC(=O)C1CCCN(S(=O)(=O)c2c(F)cc(F)cc2F)C1. The number of hydrogen-bond acceptors (Lipinski definition) is 4. The zero-order valence-electron chi connectivity index (χ0n) is 13.2. The van der Waals surface area contributed by atoms with Gasteiger partial charge in [-0.2, -0.15) is 4.31 Å². The van der Waals surface area contributed by atoms with Crippen LogP contribution in [0, 0.1) is 23.4 Å². The van der Waals surface area contributed by atoms with E-state index in [0.717, 1.165) is 4.31 Å². The van der Waals surface area contributed by atoms with Gasteiger partial charge in [0.25, 0.3) is 0 Å². The Morgan fingerprint density at radius 1 is 1.28 bits per heavy atom. The van der Waals surface area contributed by atoms with E-state index in [1.54, 1.807) is 0 Å². The molecule has 11 heteroatoms. The Bertz CT molecular complexity index is 710. The number of nitrogens with zero attached hydrogens (tertiary/aromatic N) is 1. The van der Waals surface area contributed by atoms with E-state index >= 15 is 0 Å². The molecular formula is C14H19ClF3N3O3S. The summed E-state index contributed by atoms with van der Waals surface area (Å²) in [4.78, 5) is 10.8. The second-order valence-electron chi connectivity index (χ2n) is 5.48. The molecule has 0 aromatic heterocycles. The number of amides is 1. The van der Waals surface area contributed by atoms with Gasteiger partial charge in [0.1, 0.15) is 17.5 Å². The van der Waals surface area contributed by atoms with Gasteiger partial charge in [-0.05, 0) is 12.8 Å². The van der Waals surface area contributed by atoms with Gasteiger partial charge in [0.15, 0.2) is 4.90 Å². The highest BCUT2D eigenvalue weighted by Gasteiger charge is 2.36. The van der Waals surface area contributed by atoms with E-state index < -0.39 is 38.3 Å². The third-order valence-corrected chi connectivity index (χ3v) is 5.68. The summed E-state index contributed by atoms with van der Waals surface area (Å²) in [7, 11) is -4.52. The van der Waals surface area contributed by atoms with Crippen molar-refractivity contribution in [3.05, 3.63) is 29.6 Å². The first-order chi connectivity index (χ1) is 11.3. The third kappa shape index (κ3) is 4.84. The van der Waals surface area contributed by atoms with Gasteiger partial charge in [0, 0.05) is 38.3 Å². The summed E-state index contributed by atoms with van der Waals surface area (Å²) in [6.07, 6.45) is 0.821. The maximum absolute atomic E-state index is 13.8. The molecule has 6 nitrogen and oxygen atoms in total. The highest BCUT2D eigenvalue weighted by molar-refractivity contribution is 7.89. The molecule has 3 N–H and O–H groups in total. The first-order valence-corrected chi connectivity index (χ1v) is 8.84. The Hall–Kier alpha value is -1.36. The van der Waals surface area contributed by atoms with E-state index in [4.69, 9.17) is 5.73 Å². The lowest BCUT2D eigenvalue weighted by Crippen LogP contribution is -2.46. The Kier molecular flexibility index (Phi) is 7.66. The molecule has 1 aromatic rings. The molecule has 1 aliphatic rings. The number of piperidine rings is 1. The minimum absolute atomic E-state index is 0. The van der Waals surface area contributed by atoms with Crippen molar-refractivity contribution >= 4 is 28.3 Å². The Balaban J connectivity index is 0.00000312. The van der Waals surface area contributed by atoms with Gasteiger partial charge < -0.3 is 11.1 Å². The van der Waals surface area contributed by atoms with Gasteiger partial charge in [-0.3, -0.25) is 4.79 Å². The standard InChI is InChI=1S/C14H18F3N3O3S.ClH/c15-10-6-11(16)13(12(17)7-10)24(22,23)20-5-1-2-9(8-20)14(21)19-4-3-18;/h6-7,9H,1-5,8,18H2,(H,19,21);1H. The zero-order chi connectivity index (χ0) is 17.9. The fourth-order valence-electron chi connectivity index (χ4n) is 2.62. The van der Waals surface area contributed by atoms with Crippen molar-refractivity contribution in [3.63, 3.8) is 0 Å². The number of nitrogens with one attached hydrogen (secondary N) is 1. The topological polar surface area (TPSA) is 92.5 Å². The van der Waals surface area contributed by atoms with Crippen molar-refractivity contribution < 1.29 is 26.4 Å². The molecule has 0 saturated carbocycles. The number of nitrogens with two attached hydrogens (primary N) is 1. The molecule has 1 aliphatic heterocycles. The van der Waals surface area contributed by atoms with Gasteiger partial charge in [0.2, 0.25) is 15.9 Å². The summed E-state index contributed by atoms with van der Waals surface area (Å²) in [5, 5.41) is 2.56. The van der Waals surface area contributed by atoms with Gasteiger partial charge >= 0.3 is 0 Å². The smallest absolute Gasteiger partial charge is 0.248 e. The van der Waals surface area contributed by atoms with E-state index in [1.165, 1.54) is 0 Å². The molecule has 0 spiro atoms. The van der Waals surface area contributed by atoms with E-state index in [1.807, 2.05) is 0 Å². The summed E-state index contributed by atoms with van der Waals surface area (Å²) in [6, 6.07) is 0.622. The molecule has 1 atom stereocenters. The Morgan fingerprint density at radius 3 is 2.44 bits per heavy atom. The molecule has 0 bridgehead atoms. The van der Waals surface area contributed by atoms with E-state index in [2.05, 4.69) is 5.32 Å². The molecule has 25 heavy (non-hydrogen) atoms. The molecule has 1 heterocycles. The fraction of sp³-hybridized carbons (Fsp3) is 0.500. The lowest BCUT2D eigenvalue weighted by Gasteiger charge is -2.31. The molecular weight excluding hydrogens is 383 g/mol. The van der Waals surface area contributed by atoms with E-state index in [9.17, 15) is 26.4 Å². The van der Waals surface area contributed by atoms with Crippen molar-refractivity contribution in [1.82, 2.24) is 9.62 Å². The van der Waals surface area contributed by atoms with Crippen LogP contribution < -0.4 is 11.1 Å². The predicted octanol–water partition coefficient (Wildman–Crippen LogP) is 1.00. The summed E-state index contributed by atoms with van der Waals surface area (Å²) in [6.45, 7) is 0.323. The Labute approximate surface area is 150 Å². The highest BCUT2D eigenvalue weighted by Crippen LogP contribution is 2.27. The van der Waals surface area contributed by atoms with Gasteiger partial charge in [0.05, 0.1) is 5.92 Å². The minimum atomic E-state index is -4.52. The Morgan fingerprint density at radius 2 is 1.88 bits per heavy atom. The fourth-order valence-corrected chi connectivity index (χ4v) is 4.23. The first-order valence-electron chi connectivity index (χ1n) is 7.40. The lowest BCUT2D eigenvalue weighted by molar-refractivity contribution is -0.126. The van der Waals surface area contributed by atoms with E-state index in [0.29, 0.717) is 25.0 Å². The molecule has 1 saturated heterocycles. The van der Waals surface area contributed by atoms with Crippen LogP contribution in [0.2, 0.25) is 0 Å². The van der Waals surface area contributed by atoms with Crippen LogP contribution in [0.5, 0.6) is 0 Å². The molecule has 142 valence electrons. The van der Waals surface area contributed by atoms with Gasteiger partial charge in [-0.25, -0.2) is 21.6 Å². The average molecular weight is 402 g/mol. The van der Waals surface area contributed by atoms with Crippen LogP contribution >= 0.6 is 12.4 Å². The van der Waals surface area contributed by atoms with Crippen LogP contribution in [0.4, 0.5) is 13.2 Å². The summed E-state index contributed by atoms with van der Waals surface area (Å²) in [5.74, 6) is -5.20. The predicted molar refractivity (Wildman–Crippen MR) is 87.1 cm³/mol. The van der Waals surface area contributed by atoms with Crippen molar-refractivity contribution in [2.24, 2.45) is 11.7 Å². The van der Waals surface area contributed by atoms with Gasteiger partial charge in [-0.1, -0.05) is 0 Å². The first kappa shape index (κ1) is 21.7. The second-order valence-corrected chi connectivity index (χ2v) is 7.36. The average Bonchev–Trinajstić information content (AvgIpc) is 2.51. The van der Waals surface area contributed by atoms with Crippen molar-refractivity contribution in [2.45, 2.75) is 17.7 Å². The summed E-state index contributed by atoms with van der Waals surface area (Å²) < 4.78 is 66.4. The summed E-state index contributed by atoms with van der Waals surface area (Å²) in [5.41, 5.74) is 5.29. The molecule has 0 radical (unpaired) electrons. The van der Waals surface area contributed by atoms with Crippen LogP contribution in [0.1, 0.15) is 12.8 Å². The van der Waals surface area contributed by atoms with Crippen molar-refractivity contribution in [2.75, 3.05) is 26.2 Å². The lowest BCUT2D eigenvalue weighted by atomic mass is 9.99. The van der Waals surface area contributed by atoms with Gasteiger partial charge in [-0.15, -0.1) is 12.4 Å². The number of carbonyl (C=O) groups is 1. The zero-order valence-corrected chi connectivity index (χ0v) is 14.8. The van der Waals surface area contributed by atoms with Crippen LogP contribution in [-0.2, 0) is 14.8 Å². The van der Waals surface area contributed by atoms with Crippen LogP contribution in [-0.4, -0.2) is 44.8 Å². The maximum Gasteiger partial charge on any atom is 0.248 e. The molecule has 1 fully saturated rings. The van der Waals surface area contributed by atoms with Crippen LogP contribution in [0.25, 0.3) is 0 Å². The van der Waals surface area contributed by atoms with Crippen LogP contribution in [0.15, 0.2) is 17.0 Å². The minimum Gasteiger partial charge on any atom is -0.355 e. The largest absolute Gasteiger partial charge is 0.355 e. The van der Waals surface area contributed by atoms with Crippen LogP contribution in [0.3, 0.4) is 0 Å². The second kappa shape index (κ2) is 8.84. The van der Waals surface area contributed by atoms with Crippen molar-refractivity contribution in [3.8, 4) is 0 Å². The molecule has 1 unspecified atom stereocenters. The molecule has 2 rings (SSSR count). The normalized spacial score (nSPS) is 18.5.